The van der Waals surface area contributed by atoms with E-state index in [2.05, 4.69) is 4.98 Å². The number of likely N-dealkylation sites (N-methyl/N-ethyl adjacent to an activating group) is 1. The molecule has 0 atom stereocenters. The quantitative estimate of drug-likeness (QED) is 0.358. The number of nitrogens with zero attached hydrogens (tertiary/aromatic N) is 2. The van der Waals surface area contributed by atoms with Crippen LogP contribution in [0, 0.1) is 12.7 Å². The minimum atomic E-state index is -0.373. The first-order chi connectivity index (χ1) is 16.4. The van der Waals surface area contributed by atoms with Crippen molar-refractivity contribution in [3.05, 3.63) is 89.2 Å². The fraction of sp³-hybridized carbons (Fsp3) is 0.214. The fourth-order valence-corrected chi connectivity index (χ4v) is 3.96. The van der Waals surface area contributed by atoms with E-state index in [0.717, 1.165) is 16.5 Å². The molecule has 0 fully saturated rings. The predicted molar refractivity (Wildman–Crippen MR) is 132 cm³/mol. The number of rotatable bonds is 7. The van der Waals surface area contributed by atoms with Crippen molar-refractivity contribution in [1.29, 1.82) is 0 Å². The van der Waals surface area contributed by atoms with Gasteiger partial charge in [0.15, 0.2) is 11.5 Å². The summed E-state index contributed by atoms with van der Waals surface area (Å²) in [7, 11) is 4.97. The van der Waals surface area contributed by atoms with Gasteiger partial charge in [-0.05, 0) is 61.4 Å². The number of halogens is 1. The van der Waals surface area contributed by atoms with E-state index < -0.39 is 0 Å². The second-order valence-electron chi connectivity index (χ2n) is 8.22. The first-order valence-electron chi connectivity index (χ1n) is 11.0. The third kappa shape index (κ3) is 4.71. The highest BCUT2D eigenvalue weighted by Gasteiger charge is 2.19. The van der Waals surface area contributed by atoms with Crippen molar-refractivity contribution in [3.8, 4) is 22.8 Å². The predicted octanol–water partition coefficient (Wildman–Crippen LogP) is 5.68. The molecule has 0 N–H and O–H groups in total. The van der Waals surface area contributed by atoms with E-state index in [4.69, 9.17) is 9.47 Å². The highest BCUT2D eigenvalue weighted by atomic mass is 19.1. The second kappa shape index (κ2) is 9.91. The summed E-state index contributed by atoms with van der Waals surface area (Å²) >= 11 is 0. The monoisotopic (exact) mass is 458 g/mol. The van der Waals surface area contributed by atoms with Crippen LogP contribution in [0.15, 0.2) is 66.7 Å². The van der Waals surface area contributed by atoms with Crippen LogP contribution in [0.2, 0.25) is 0 Å². The summed E-state index contributed by atoms with van der Waals surface area (Å²) in [6.45, 7) is 2.47. The lowest BCUT2D eigenvalue weighted by molar-refractivity contribution is 0.0798. The Balaban J connectivity index is 1.66. The number of pyridine rings is 1. The topological polar surface area (TPSA) is 51.7 Å². The van der Waals surface area contributed by atoms with Crippen LogP contribution in [-0.2, 0) is 6.42 Å². The maximum atomic E-state index is 14.5. The number of methoxy groups -OCH3 is 2. The number of hydrogen-bond donors (Lipinski definition) is 0. The fourth-order valence-electron chi connectivity index (χ4n) is 3.96. The van der Waals surface area contributed by atoms with Crippen LogP contribution in [0.5, 0.6) is 11.5 Å². The lowest BCUT2D eigenvalue weighted by Crippen LogP contribution is -2.29. The van der Waals surface area contributed by atoms with E-state index in [9.17, 15) is 9.18 Å². The van der Waals surface area contributed by atoms with E-state index in [1.807, 2.05) is 43.3 Å². The Labute approximate surface area is 198 Å². The molecule has 5 nitrogen and oxygen atoms in total. The van der Waals surface area contributed by atoms with Gasteiger partial charge in [-0.2, -0.15) is 0 Å². The van der Waals surface area contributed by atoms with Gasteiger partial charge in [-0.3, -0.25) is 4.79 Å². The maximum Gasteiger partial charge on any atom is 0.254 e. The van der Waals surface area contributed by atoms with E-state index in [0.29, 0.717) is 46.8 Å². The Hall–Kier alpha value is -3.93. The highest BCUT2D eigenvalue weighted by Crippen LogP contribution is 2.29. The van der Waals surface area contributed by atoms with E-state index in [-0.39, 0.29) is 11.7 Å². The molecule has 6 heteroatoms. The molecule has 1 aromatic heterocycles. The van der Waals surface area contributed by atoms with Crippen LogP contribution >= 0.6 is 0 Å². The molecule has 0 spiro atoms. The highest BCUT2D eigenvalue weighted by molar-refractivity contribution is 6.07. The minimum Gasteiger partial charge on any atom is -0.493 e. The SMILES string of the molecule is COc1ccc(CCN(C)C(=O)c2cc(-c3ccccc3F)nc3ccc(C)cc23)cc1OC. The molecule has 1 heterocycles. The van der Waals surface area contributed by atoms with Crippen LogP contribution in [0.25, 0.3) is 22.2 Å². The zero-order valence-corrected chi connectivity index (χ0v) is 19.8. The van der Waals surface area contributed by atoms with Crippen LogP contribution in [0.1, 0.15) is 21.5 Å². The zero-order valence-electron chi connectivity index (χ0n) is 19.8. The number of fused-ring (bicyclic) bond motifs is 1. The van der Waals surface area contributed by atoms with Crippen molar-refractivity contribution in [2.75, 3.05) is 27.8 Å². The second-order valence-corrected chi connectivity index (χ2v) is 8.22. The van der Waals surface area contributed by atoms with Gasteiger partial charge < -0.3 is 14.4 Å². The number of benzene rings is 3. The number of hydrogen-bond acceptors (Lipinski definition) is 4. The van der Waals surface area contributed by atoms with Gasteiger partial charge in [0.05, 0.1) is 31.0 Å². The van der Waals surface area contributed by atoms with E-state index >= 15 is 0 Å². The van der Waals surface area contributed by atoms with Gasteiger partial charge in [0, 0.05) is 24.5 Å². The Kier molecular flexibility index (Phi) is 6.77. The van der Waals surface area contributed by atoms with Crippen LogP contribution in [0.4, 0.5) is 4.39 Å². The molecule has 4 aromatic rings. The van der Waals surface area contributed by atoms with Crippen molar-refractivity contribution in [3.63, 3.8) is 0 Å². The molecule has 0 aliphatic heterocycles. The summed E-state index contributed by atoms with van der Waals surface area (Å²) in [5.74, 6) is 0.798. The molecule has 0 aliphatic rings. The van der Waals surface area contributed by atoms with Crippen molar-refractivity contribution < 1.29 is 18.7 Å². The van der Waals surface area contributed by atoms with Crippen molar-refractivity contribution in [2.24, 2.45) is 0 Å². The standard InChI is InChI=1S/C28H27FN2O3/c1-18-9-11-24-21(15-18)22(17-25(30-24)20-7-5-6-8-23(20)29)28(32)31(2)14-13-19-10-12-26(33-3)27(16-19)34-4/h5-12,15-17H,13-14H2,1-4H3. The Bertz CT molecular complexity index is 1350. The molecule has 4 rings (SSSR count). The first-order valence-corrected chi connectivity index (χ1v) is 11.0. The van der Waals surface area contributed by atoms with Crippen LogP contribution < -0.4 is 9.47 Å². The third-order valence-electron chi connectivity index (χ3n) is 5.87. The van der Waals surface area contributed by atoms with E-state index in [1.165, 1.54) is 6.07 Å². The summed E-state index contributed by atoms with van der Waals surface area (Å²) in [5, 5.41) is 0.753. The molecule has 0 bridgehead atoms. The minimum absolute atomic E-state index is 0.143. The molecule has 0 unspecified atom stereocenters. The number of aryl methyl sites for hydroxylation is 1. The molecule has 174 valence electrons. The summed E-state index contributed by atoms with van der Waals surface area (Å²) in [5.41, 5.74) is 4.01. The summed E-state index contributed by atoms with van der Waals surface area (Å²) in [6.07, 6.45) is 0.644. The van der Waals surface area contributed by atoms with Gasteiger partial charge in [0.25, 0.3) is 5.91 Å². The van der Waals surface area contributed by atoms with E-state index in [1.54, 1.807) is 50.4 Å². The van der Waals surface area contributed by atoms with Gasteiger partial charge in [-0.1, -0.05) is 29.8 Å². The average molecular weight is 459 g/mol. The molecule has 34 heavy (non-hydrogen) atoms. The maximum absolute atomic E-state index is 14.5. The number of aromatic nitrogens is 1. The number of ether oxygens (including phenoxy) is 2. The third-order valence-corrected chi connectivity index (χ3v) is 5.87. The summed E-state index contributed by atoms with van der Waals surface area (Å²) in [4.78, 5) is 19.9. The van der Waals surface area contributed by atoms with Crippen molar-refractivity contribution in [2.45, 2.75) is 13.3 Å². The van der Waals surface area contributed by atoms with Crippen LogP contribution in [0.3, 0.4) is 0 Å². The largest absolute Gasteiger partial charge is 0.493 e. The molecular formula is C28H27FN2O3. The molecule has 1 amide bonds. The van der Waals surface area contributed by atoms with Gasteiger partial charge >= 0.3 is 0 Å². The van der Waals surface area contributed by atoms with Gasteiger partial charge in [0.2, 0.25) is 0 Å². The van der Waals surface area contributed by atoms with Gasteiger partial charge in [-0.15, -0.1) is 0 Å². The van der Waals surface area contributed by atoms with Gasteiger partial charge in [-0.25, -0.2) is 9.37 Å². The van der Waals surface area contributed by atoms with Gasteiger partial charge in [0.1, 0.15) is 5.82 Å². The van der Waals surface area contributed by atoms with Crippen molar-refractivity contribution >= 4 is 16.8 Å². The van der Waals surface area contributed by atoms with Crippen molar-refractivity contribution in [1.82, 2.24) is 9.88 Å². The Morgan fingerprint density at radius 3 is 2.47 bits per heavy atom. The lowest BCUT2D eigenvalue weighted by atomic mass is 10.0. The summed E-state index contributed by atoms with van der Waals surface area (Å²) in [6, 6.07) is 19.6. The average Bonchev–Trinajstić information content (AvgIpc) is 2.86. The Morgan fingerprint density at radius 2 is 1.74 bits per heavy atom. The molecular weight excluding hydrogens is 431 g/mol. The normalized spacial score (nSPS) is 10.9. The molecule has 0 saturated carbocycles. The zero-order chi connectivity index (χ0) is 24.2. The van der Waals surface area contributed by atoms with Crippen LogP contribution in [-0.4, -0.2) is 43.6 Å². The number of carbonyl (C=O) groups excluding carboxylic acids is 1. The molecule has 0 saturated heterocycles. The summed E-state index contributed by atoms with van der Waals surface area (Å²) < 4.78 is 25.2. The smallest absolute Gasteiger partial charge is 0.254 e. The number of amides is 1. The lowest BCUT2D eigenvalue weighted by Gasteiger charge is -2.19. The number of carbonyl (C=O) groups is 1. The molecule has 3 aromatic carbocycles. The first kappa shape index (κ1) is 23.2. The molecule has 0 aliphatic carbocycles. The molecule has 0 radical (unpaired) electrons. The Morgan fingerprint density at radius 1 is 0.971 bits per heavy atom.